The molecular weight excluding hydrogens is 254 g/mol. The SMILES string of the molecule is O=CN1CCC(/C(=N/O)c2ccc(F)cc2F)CC1. The van der Waals surface area contributed by atoms with Crippen molar-refractivity contribution in [2.75, 3.05) is 13.1 Å². The molecule has 1 fully saturated rings. The first-order chi connectivity index (χ1) is 9.15. The van der Waals surface area contributed by atoms with Crippen molar-refractivity contribution in [2.24, 2.45) is 11.1 Å². The van der Waals surface area contributed by atoms with Crippen LogP contribution in [0.4, 0.5) is 8.78 Å². The van der Waals surface area contributed by atoms with Crippen molar-refractivity contribution < 1.29 is 18.8 Å². The van der Waals surface area contributed by atoms with Crippen LogP contribution >= 0.6 is 0 Å². The first-order valence-corrected chi connectivity index (χ1v) is 6.02. The Balaban J connectivity index is 2.19. The topological polar surface area (TPSA) is 52.9 Å². The number of hydrogen-bond acceptors (Lipinski definition) is 3. The summed E-state index contributed by atoms with van der Waals surface area (Å²) < 4.78 is 26.6. The van der Waals surface area contributed by atoms with E-state index in [2.05, 4.69) is 5.16 Å². The van der Waals surface area contributed by atoms with Gasteiger partial charge in [-0.05, 0) is 25.0 Å². The lowest BCUT2D eigenvalue weighted by Crippen LogP contribution is -2.35. The van der Waals surface area contributed by atoms with Gasteiger partial charge in [0.1, 0.15) is 11.6 Å². The number of amides is 1. The molecule has 0 radical (unpaired) electrons. The van der Waals surface area contributed by atoms with Crippen molar-refractivity contribution in [3.63, 3.8) is 0 Å². The molecule has 1 aliphatic rings. The maximum absolute atomic E-state index is 13.7. The molecule has 102 valence electrons. The summed E-state index contributed by atoms with van der Waals surface area (Å²) in [4.78, 5) is 12.2. The summed E-state index contributed by atoms with van der Waals surface area (Å²) in [5.74, 6) is -1.55. The molecule has 0 unspecified atom stereocenters. The summed E-state index contributed by atoms with van der Waals surface area (Å²) in [6.07, 6.45) is 1.95. The quantitative estimate of drug-likeness (QED) is 0.394. The van der Waals surface area contributed by atoms with E-state index in [1.54, 1.807) is 4.90 Å². The Morgan fingerprint density at radius 3 is 2.58 bits per heavy atom. The molecule has 0 bridgehead atoms. The fraction of sp³-hybridized carbons (Fsp3) is 0.385. The average molecular weight is 268 g/mol. The second-order valence-electron chi connectivity index (χ2n) is 4.53. The molecule has 2 rings (SSSR count). The third-order valence-corrected chi connectivity index (χ3v) is 3.38. The van der Waals surface area contributed by atoms with E-state index < -0.39 is 11.6 Å². The van der Waals surface area contributed by atoms with Gasteiger partial charge in [-0.25, -0.2) is 8.78 Å². The average Bonchev–Trinajstić information content (AvgIpc) is 2.42. The number of carbonyl (C=O) groups is 1. The van der Waals surface area contributed by atoms with Crippen LogP contribution in [0.25, 0.3) is 0 Å². The lowest BCUT2D eigenvalue weighted by molar-refractivity contribution is -0.119. The van der Waals surface area contributed by atoms with E-state index in [9.17, 15) is 13.6 Å². The maximum Gasteiger partial charge on any atom is 0.209 e. The van der Waals surface area contributed by atoms with Crippen LogP contribution in [0.5, 0.6) is 0 Å². The highest BCUT2D eigenvalue weighted by atomic mass is 19.1. The van der Waals surface area contributed by atoms with E-state index in [0.717, 1.165) is 18.5 Å². The van der Waals surface area contributed by atoms with Crippen molar-refractivity contribution >= 4 is 12.1 Å². The fourth-order valence-corrected chi connectivity index (χ4v) is 2.33. The van der Waals surface area contributed by atoms with Gasteiger partial charge in [0, 0.05) is 30.6 Å². The molecule has 6 heteroatoms. The zero-order chi connectivity index (χ0) is 13.8. The number of nitrogens with zero attached hydrogens (tertiary/aromatic N) is 2. The van der Waals surface area contributed by atoms with E-state index in [4.69, 9.17) is 5.21 Å². The Morgan fingerprint density at radius 1 is 1.37 bits per heavy atom. The highest BCUT2D eigenvalue weighted by Gasteiger charge is 2.26. The van der Waals surface area contributed by atoms with Crippen LogP contribution in [0.15, 0.2) is 23.4 Å². The summed E-state index contributed by atoms with van der Waals surface area (Å²) in [5.41, 5.74) is 0.316. The zero-order valence-electron chi connectivity index (χ0n) is 10.2. The second-order valence-corrected chi connectivity index (χ2v) is 4.53. The van der Waals surface area contributed by atoms with E-state index >= 15 is 0 Å². The van der Waals surface area contributed by atoms with Gasteiger partial charge in [-0.15, -0.1) is 0 Å². The van der Waals surface area contributed by atoms with E-state index in [1.807, 2.05) is 0 Å². The maximum atomic E-state index is 13.7. The molecule has 1 saturated heterocycles. The highest BCUT2D eigenvalue weighted by molar-refractivity contribution is 6.02. The zero-order valence-corrected chi connectivity index (χ0v) is 10.2. The minimum absolute atomic E-state index is 0.105. The molecule has 0 spiro atoms. The molecule has 1 heterocycles. The van der Waals surface area contributed by atoms with Gasteiger partial charge >= 0.3 is 0 Å². The molecule has 1 aliphatic heterocycles. The van der Waals surface area contributed by atoms with E-state index in [0.29, 0.717) is 25.9 Å². The number of carbonyl (C=O) groups excluding carboxylic acids is 1. The van der Waals surface area contributed by atoms with Crippen LogP contribution < -0.4 is 0 Å². The van der Waals surface area contributed by atoms with E-state index in [1.165, 1.54) is 6.07 Å². The van der Waals surface area contributed by atoms with Crippen molar-refractivity contribution in [2.45, 2.75) is 12.8 Å². The Kier molecular flexibility index (Phi) is 4.09. The van der Waals surface area contributed by atoms with Gasteiger partial charge in [0.05, 0.1) is 5.71 Å². The summed E-state index contributed by atoms with van der Waals surface area (Å²) in [6.45, 7) is 1.08. The Hall–Kier alpha value is -1.98. The van der Waals surface area contributed by atoms with Crippen LogP contribution in [0.3, 0.4) is 0 Å². The van der Waals surface area contributed by atoms with Crippen LogP contribution in [0.1, 0.15) is 18.4 Å². The predicted octanol–water partition coefficient (Wildman–Crippen LogP) is 2.01. The van der Waals surface area contributed by atoms with Crippen molar-refractivity contribution in [1.29, 1.82) is 0 Å². The Labute approximate surface area is 109 Å². The molecule has 0 aliphatic carbocycles. The third kappa shape index (κ3) is 2.89. The number of rotatable bonds is 3. The van der Waals surface area contributed by atoms with Crippen molar-refractivity contribution in [3.05, 3.63) is 35.4 Å². The highest BCUT2D eigenvalue weighted by Crippen LogP contribution is 2.23. The normalized spacial score (nSPS) is 17.6. The molecule has 4 nitrogen and oxygen atoms in total. The summed E-state index contributed by atoms with van der Waals surface area (Å²) in [5, 5.41) is 12.3. The molecular formula is C13H14F2N2O2. The van der Waals surface area contributed by atoms with Gasteiger partial charge in [-0.3, -0.25) is 4.79 Å². The smallest absolute Gasteiger partial charge is 0.209 e. The summed E-state index contributed by atoms with van der Waals surface area (Å²) >= 11 is 0. The minimum atomic E-state index is -0.745. The lowest BCUT2D eigenvalue weighted by atomic mass is 9.88. The molecule has 1 aromatic carbocycles. The van der Waals surface area contributed by atoms with Crippen molar-refractivity contribution in [1.82, 2.24) is 4.90 Å². The molecule has 0 saturated carbocycles. The molecule has 1 N–H and O–H groups in total. The van der Waals surface area contributed by atoms with Crippen LogP contribution in [-0.4, -0.2) is 35.3 Å². The third-order valence-electron chi connectivity index (χ3n) is 3.38. The first kappa shape index (κ1) is 13.5. The number of oxime groups is 1. The molecule has 0 aromatic heterocycles. The van der Waals surface area contributed by atoms with Crippen LogP contribution in [0.2, 0.25) is 0 Å². The predicted molar refractivity (Wildman–Crippen MR) is 65.0 cm³/mol. The second kappa shape index (κ2) is 5.77. The van der Waals surface area contributed by atoms with Crippen LogP contribution in [-0.2, 0) is 4.79 Å². The molecule has 0 atom stereocenters. The molecule has 19 heavy (non-hydrogen) atoms. The van der Waals surface area contributed by atoms with E-state index in [-0.39, 0.29) is 17.2 Å². The van der Waals surface area contributed by atoms with Gasteiger partial charge in [0.25, 0.3) is 0 Å². The Morgan fingerprint density at radius 2 is 2.05 bits per heavy atom. The Bertz CT molecular complexity index is 497. The fourth-order valence-electron chi connectivity index (χ4n) is 2.33. The largest absolute Gasteiger partial charge is 0.411 e. The van der Waals surface area contributed by atoms with Crippen molar-refractivity contribution in [3.8, 4) is 0 Å². The van der Waals surface area contributed by atoms with Gasteiger partial charge in [0.15, 0.2) is 0 Å². The van der Waals surface area contributed by atoms with Gasteiger partial charge in [-0.1, -0.05) is 5.16 Å². The first-order valence-electron chi connectivity index (χ1n) is 6.02. The summed E-state index contributed by atoms with van der Waals surface area (Å²) in [6, 6.07) is 3.16. The number of piperidine rings is 1. The standard InChI is InChI=1S/C13H14F2N2O2/c14-10-1-2-11(12(15)7-10)13(16-19)9-3-5-17(8-18)6-4-9/h1-2,7-9,19H,3-6H2/b16-13-. The summed E-state index contributed by atoms with van der Waals surface area (Å²) in [7, 11) is 0. The monoisotopic (exact) mass is 268 g/mol. The minimum Gasteiger partial charge on any atom is -0.411 e. The van der Waals surface area contributed by atoms with Gasteiger partial charge in [0.2, 0.25) is 6.41 Å². The van der Waals surface area contributed by atoms with Crippen LogP contribution in [0, 0.1) is 17.6 Å². The number of halogens is 2. The molecule has 1 aromatic rings. The number of benzene rings is 1. The van der Waals surface area contributed by atoms with Gasteiger partial charge < -0.3 is 10.1 Å². The number of likely N-dealkylation sites (tertiary alicyclic amines) is 1. The molecule has 1 amide bonds. The van der Waals surface area contributed by atoms with Gasteiger partial charge in [-0.2, -0.15) is 0 Å². The number of hydrogen-bond donors (Lipinski definition) is 1. The lowest BCUT2D eigenvalue weighted by Gasteiger charge is -2.29.